The lowest BCUT2D eigenvalue weighted by Crippen LogP contribution is -1.98. The average Bonchev–Trinajstić information content (AvgIpc) is 2.84. The molecular weight excluding hydrogens is 252 g/mol. The van der Waals surface area contributed by atoms with E-state index in [0.717, 1.165) is 28.3 Å². The molecule has 4 nitrogen and oxygen atoms in total. The summed E-state index contributed by atoms with van der Waals surface area (Å²) in [5, 5.41) is 9.60. The highest BCUT2D eigenvalue weighted by atomic mass is 16.5. The van der Waals surface area contributed by atoms with Gasteiger partial charge in [-0.15, -0.1) is 0 Å². The van der Waals surface area contributed by atoms with Crippen molar-refractivity contribution >= 4 is 5.65 Å². The summed E-state index contributed by atoms with van der Waals surface area (Å²) in [6.07, 6.45) is 2.59. The molecule has 0 saturated carbocycles. The van der Waals surface area contributed by atoms with E-state index in [1.165, 1.54) is 0 Å². The van der Waals surface area contributed by atoms with Gasteiger partial charge in [-0.05, 0) is 29.8 Å². The fourth-order valence-electron chi connectivity index (χ4n) is 2.38. The van der Waals surface area contributed by atoms with Crippen molar-refractivity contribution in [2.45, 2.75) is 13.0 Å². The van der Waals surface area contributed by atoms with Gasteiger partial charge in [-0.1, -0.05) is 18.2 Å². The second kappa shape index (κ2) is 5.35. The van der Waals surface area contributed by atoms with Crippen LogP contribution < -0.4 is 4.74 Å². The number of fused-ring (bicyclic) bond motifs is 1. The molecule has 0 unspecified atom stereocenters. The van der Waals surface area contributed by atoms with Crippen molar-refractivity contribution in [3.05, 3.63) is 65.6 Å². The normalized spacial score (nSPS) is 10.9. The molecule has 2 aromatic heterocycles. The minimum Gasteiger partial charge on any atom is -0.497 e. The number of hydrogen-bond donors (Lipinski definition) is 1. The monoisotopic (exact) mass is 268 g/mol. The zero-order valence-electron chi connectivity index (χ0n) is 11.3. The van der Waals surface area contributed by atoms with Gasteiger partial charge in [0, 0.05) is 12.6 Å². The third-order valence-corrected chi connectivity index (χ3v) is 3.37. The number of hydrogen-bond acceptors (Lipinski definition) is 3. The number of benzene rings is 1. The highest BCUT2D eigenvalue weighted by molar-refractivity contribution is 5.44. The molecule has 1 aromatic carbocycles. The average molecular weight is 268 g/mol. The Bertz CT molecular complexity index is 734. The standard InChI is InChI=1S/C16H16N2O2/c1-20-13-6-4-5-12(9-13)10-14-15(11-19)18-8-3-2-7-16(18)17-14/h2-9,19H,10-11H2,1H3. The summed E-state index contributed by atoms with van der Waals surface area (Å²) >= 11 is 0. The predicted molar refractivity (Wildman–Crippen MR) is 76.9 cm³/mol. The molecule has 20 heavy (non-hydrogen) atoms. The molecule has 0 saturated heterocycles. The number of aliphatic hydroxyl groups is 1. The zero-order chi connectivity index (χ0) is 13.9. The maximum atomic E-state index is 9.60. The van der Waals surface area contributed by atoms with Gasteiger partial charge in [-0.25, -0.2) is 4.98 Å². The van der Waals surface area contributed by atoms with Crippen molar-refractivity contribution < 1.29 is 9.84 Å². The lowest BCUT2D eigenvalue weighted by atomic mass is 10.1. The van der Waals surface area contributed by atoms with Crippen LogP contribution in [-0.2, 0) is 13.0 Å². The van der Waals surface area contributed by atoms with Crippen LogP contribution in [0.1, 0.15) is 17.0 Å². The second-order valence-corrected chi connectivity index (χ2v) is 4.62. The molecule has 0 spiro atoms. The van der Waals surface area contributed by atoms with Crippen LogP contribution in [0.3, 0.4) is 0 Å². The van der Waals surface area contributed by atoms with Crippen LogP contribution in [0.5, 0.6) is 5.75 Å². The van der Waals surface area contributed by atoms with E-state index in [9.17, 15) is 5.11 Å². The maximum Gasteiger partial charge on any atom is 0.137 e. The Morgan fingerprint density at radius 1 is 1.20 bits per heavy atom. The number of nitrogens with zero attached hydrogens (tertiary/aromatic N) is 2. The van der Waals surface area contributed by atoms with Gasteiger partial charge in [-0.2, -0.15) is 0 Å². The Morgan fingerprint density at radius 3 is 2.90 bits per heavy atom. The first-order valence-electron chi connectivity index (χ1n) is 6.50. The van der Waals surface area contributed by atoms with Gasteiger partial charge in [0.15, 0.2) is 0 Å². The third kappa shape index (κ3) is 2.26. The zero-order valence-corrected chi connectivity index (χ0v) is 11.3. The number of methoxy groups -OCH3 is 1. The van der Waals surface area contributed by atoms with Gasteiger partial charge in [0.1, 0.15) is 11.4 Å². The van der Waals surface area contributed by atoms with Crippen LogP contribution in [0, 0.1) is 0 Å². The molecule has 0 atom stereocenters. The number of aromatic nitrogens is 2. The van der Waals surface area contributed by atoms with Gasteiger partial charge < -0.3 is 14.2 Å². The van der Waals surface area contributed by atoms with E-state index in [4.69, 9.17) is 4.74 Å². The van der Waals surface area contributed by atoms with Crippen LogP contribution in [-0.4, -0.2) is 21.6 Å². The lowest BCUT2D eigenvalue weighted by molar-refractivity contribution is 0.274. The van der Waals surface area contributed by atoms with Crippen LogP contribution >= 0.6 is 0 Å². The van der Waals surface area contributed by atoms with E-state index in [1.54, 1.807) is 7.11 Å². The Labute approximate surface area is 117 Å². The smallest absolute Gasteiger partial charge is 0.137 e. The largest absolute Gasteiger partial charge is 0.497 e. The van der Waals surface area contributed by atoms with E-state index in [-0.39, 0.29) is 6.61 Å². The van der Waals surface area contributed by atoms with Crippen molar-refractivity contribution in [1.29, 1.82) is 0 Å². The molecule has 3 aromatic rings. The topological polar surface area (TPSA) is 46.8 Å². The summed E-state index contributed by atoms with van der Waals surface area (Å²) in [4.78, 5) is 4.60. The van der Waals surface area contributed by atoms with Gasteiger partial charge in [0.25, 0.3) is 0 Å². The van der Waals surface area contributed by atoms with Crippen LogP contribution in [0.15, 0.2) is 48.7 Å². The van der Waals surface area contributed by atoms with Crippen LogP contribution in [0.25, 0.3) is 5.65 Å². The molecular formula is C16H16N2O2. The van der Waals surface area contributed by atoms with E-state index in [0.29, 0.717) is 6.42 Å². The summed E-state index contributed by atoms with van der Waals surface area (Å²) < 4.78 is 7.16. The van der Waals surface area contributed by atoms with E-state index < -0.39 is 0 Å². The van der Waals surface area contributed by atoms with Gasteiger partial charge in [-0.3, -0.25) is 0 Å². The Hall–Kier alpha value is -2.33. The number of imidazole rings is 1. The fourth-order valence-corrected chi connectivity index (χ4v) is 2.38. The van der Waals surface area contributed by atoms with E-state index in [1.807, 2.05) is 53.1 Å². The number of pyridine rings is 1. The van der Waals surface area contributed by atoms with Crippen molar-refractivity contribution in [3.63, 3.8) is 0 Å². The van der Waals surface area contributed by atoms with Crippen molar-refractivity contribution in [2.75, 3.05) is 7.11 Å². The fraction of sp³-hybridized carbons (Fsp3) is 0.188. The molecule has 1 N–H and O–H groups in total. The molecule has 0 aliphatic heterocycles. The van der Waals surface area contributed by atoms with E-state index in [2.05, 4.69) is 4.98 Å². The Kier molecular flexibility index (Phi) is 3.39. The summed E-state index contributed by atoms with van der Waals surface area (Å²) in [6.45, 7) is -0.0233. The quantitative estimate of drug-likeness (QED) is 0.790. The number of rotatable bonds is 4. The minimum absolute atomic E-state index is 0.0233. The Morgan fingerprint density at radius 2 is 2.10 bits per heavy atom. The summed E-state index contributed by atoms with van der Waals surface area (Å²) in [6, 6.07) is 13.7. The van der Waals surface area contributed by atoms with Crippen molar-refractivity contribution in [2.24, 2.45) is 0 Å². The number of ether oxygens (including phenoxy) is 1. The molecule has 0 radical (unpaired) electrons. The minimum atomic E-state index is -0.0233. The van der Waals surface area contributed by atoms with Gasteiger partial charge in [0.05, 0.1) is 25.1 Å². The molecule has 0 aliphatic carbocycles. The molecule has 0 amide bonds. The lowest BCUT2D eigenvalue weighted by Gasteiger charge is -2.04. The molecule has 102 valence electrons. The highest BCUT2D eigenvalue weighted by Gasteiger charge is 2.11. The third-order valence-electron chi connectivity index (χ3n) is 3.37. The number of aliphatic hydroxyl groups excluding tert-OH is 1. The van der Waals surface area contributed by atoms with Gasteiger partial charge >= 0.3 is 0 Å². The molecule has 3 rings (SSSR count). The first-order valence-corrected chi connectivity index (χ1v) is 6.50. The Balaban J connectivity index is 2.01. The summed E-state index contributed by atoms with van der Waals surface area (Å²) in [5.74, 6) is 0.830. The second-order valence-electron chi connectivity index (χ2n) is 4.62. The van der Waals surface area contributed by atoms with Crippen molar-refractivity contribution in [1.82, 2.24) is 9.38 Å². The van der Waals surface area contributed by atoms with E-state index >= 15 is 0 Å². The molecule has 0 fully saturated rings. The summed E-state index contributed by atoms with van der Waals surface area (Å²) in [5.41, 5.74) is 3.70. The highest BCUT2D eigenvalue weighted by Crippen LogP contribution is 2.19. The van der Waals surface area contributed by atoms with Crippen molar-refractivity contribution in [3.8, 4) is 5.75 Å². The first-order chi connectivity index (χ1) is 9.81. The SMILES string of the molecule is COc1cccc(Cc2nc3ccccn3c2CO)c1. The summed E-state index contributed by atoms with van der Waals surface area (Å²) in [7, 11) is 1.66. The first kappa shape index (κ1) is 12.7. The molecule has 0 bridgehead atoms. The molecule has 2 heterocycles. The predicted octanol–water partition coefficient (Wildman–Crippen LogP) is 2.43. The van der Waals surface area contributed by atoms with Crippen LogP contribution in [0.4, 0.5) is 0 Å². The molecule has 4 heteroatoms. The van der Waals surface area contributed by atoms with Gasteiger partial charge in [0.2, 0.25) is 0 Å². The molecule has 0 aliphatic rings. The van der Waals surface area contributed by atoms with Crippen LogP contribution in [0.2, 0.25) is 0 Å². The maximum absolute atomic E-state index is 9.60.